The molecule has 1 saturated carbocycles. The third-order valence-corrected chi connectivity index (χ3v) is 3.47. The van der Waals surface area contributed by atoms with Crippen LogP contribution in [0.2, 0.25) is 0 Å². The number of hydrogen-bond acceptors (Lipinski definition) is 2. The van der Waals surface area contributed by atoms with Crippen LogP contribution < -0.4 is 5.32 Å². The van der Waals surface area contributed by atoms with E-state index in [1.54, 1.807) is 0 Å². The van der Waals surface area contributed by atoms with Gasteiger partial charge in [0.1, 0.15) is 5.60 Å². The highest BCUT2D eigenvalue weighted by Crippen LogP contribution is 2.44. The average molecular weight is 273 g/mol. The number of rotatable bonds is 3. The SMILES string of the molecule is C[C@H]1C[C@@]1(/C=C/c1ccccc1)NC(=O)OC(C)(C)C. The third-order valence-electron chi connectivity index (χ3n) is 3.47. The maximum Gasteiger partial charge on any atom is 0.408 e. The van der Waals surface area contributed by atoms with Crippen molar-refractivity contribution in [1.29, 1.82) is 0 Å². The standard InChI is InChI=1S/C17H23NO2/c1-13-12-17(13,18-15(19)20-16(2,3)4)11-10-14-8-6-5-7-9-14/h5-11,13H,12H2,1-4H3,(H,18,19)/b11-10+/t13-,17+/m0/s1. The number of benzene rings is 1. The van der Waals surface area contributed by atoms with Crippen molar-refractivity contribution in [2.75, 3.05) is 0 Å². The molecule has 3 nitrogen and oxygen atoms in total. The van der Waals surface area contributed by atoms with E-state index >= 15 is 0 Å². The van der Waals surface area contributed by atoms with Gasteiger partial charge in [-0.05, 0) is 38.7 Å². The Morgan fingerprint density at radius 3 is 2.45 bits per heavy atom. The quantitative estimate of drug-likeness (QED) is 0.904. The first-order valence-corrected chi connectivity index (χ1v) is 7.06. The van der Waals surface area contributed by atoms with Gasteiger partial charge in [0, 0.05) is 0 Å². The van der Waals surface area contributed by atoms with Gasteiger partial charge in [0.05, 0.1) is 5.54 Å². The lowest BCUT2D eigenvalue weighted by Crippen LogP contribution is -2.40. The van der Waals surface area contributed by atoms with E-state index in [0.29, 0.717) is 5.92 Å². The van der Waals surface area contributed by atoms with Gasteiger partial charge < -0.3 is 10.1 Å². The van der Waals surface area contributed by atoms with Gasteiger partial charge in [-0.3, -0.25) is 0 Å². The summed E-state index contributed by atoms with van der Waals surface area (Å²) in [7, 11) is 0. The molecule has 0 saturated heterocycles. The Bertz CT molecular complexity index is 501. The summed E-state index contributed by atoms with van der Waals surface area (Å²) in [6.07, 6.45) is 4.74. The minimum Gasteiger partial charge on any atom is -0.444 e. The molecule has 0 bridgehead atoms. The van der Waals surface area contributed by atoms with Gasteiger partial charge in [0.25, 0.3) is 0 Å². The Labute approximate surface area is 121 Å². The van der Waals surface area contributed by atoms with Gasteiger partial charge in [0.15, 0.2) is 0 Å². The normalized spacial score (nSPS) is 25.5. The summed E-state index contributed by atoms with van der Waals surface area (Å²) in [6, 6.07) is 10.1. The van der Waals surface area contributed by atoms with Crippen LogP contribution in [0.4, 0.5) is 4.79 Å². The van der Waals surface area contributed by atoms with E-state index in [1.807, 2.05) is 51.1 Å². The highest BCUT2D eigenvalue weighted by Gasteiger charge is 2.50. The number of nitrogens with one attached hydrogen (secondary N) is 1. The predicted molar refractivity (Wildman–Crippen MR) is 81.4 cm³/mol. The maximum atomic E-state index is 11.9. The summed E-state index contributed by atoms with van der Waals surface area (Å²) >= 11 is 0. The molecule has 0 heterocycles. The van der Waals surface area contributed by atoms with E-state index in [-0.39, 0.29) is 11.6 Å². The van der Waals surface area contributed by atoms with Crippen molar-refractivity contribution in [1.82, 2.24) is 5.32 Å². The molecule has 1 aliphatic carbocycles. The average Bonchev–Trinajstić information content (AvgIpc) is 2.96. The molecule has 1 aromatic rings. The van der Waals surface area contributed by atoms with E-state index in [1.165, 1.54) is 0 Å². The molecule has 0 aliphatic heterocycles. The van der Waals surface area contributed by atoms with Crippen molar-refractivity contribution in [3.63, 3.8) is 0 Å². The first kappa shape index (κ1) is 14.6. The molecule has 1 amide bonds. The van der Waals surface area contributed by atoms with Gasteiger partial charge in [-0.2, -0.15) is 0 Å². The van der Waals surface area contributed by atoms with E-state index in [2.05, 4.69) is 24.4 Å². The second-order valence-corrected chi connectivity index (χ2v) is 6.52. The predicted octanol–water partition coefficient (Wildman–Crippen LogP) is 4.00. The molecule has 1 fully saturated rings. The van der Waals surface area contributed by atoms with E-state index in [9.17, 15) is 4.79 Å². The summed E-state index contributed by atoms with van der Waals surface area (Å²) in [4.78, 5) is 11.9. The van der Waals surface area contributed by atoms with Crippen LogP contribution in [0.1, 0.15) is 39.7 Å². The Hall–Kier alpha value is -1.77. The summed E-state index contributed by atoms with van der Waals surface area (Å²) in [5, 5.41) is 3.00. The molecule has 2 atom stereocenters. The molecule has 0 spiro atoms. The van der Waals surface area contributed by atoms with Crippen molar-refractivity contribution in [3.8, 4) is 0 Å². The first-order valence-electron chi connectivity index (χ1n) is 7.06. The molecule has 0 unspecified atom stereocenters. The largest absolute Gasteiger partial charge is 0.444 e. The highest BCUT2D eigenvalue weighted by atomic mass is 16.6. The number of alkyl carbamates (subject to hydrolysis) is 1. The van der Waals surface area contributed by atoms with Crippen molar-refractivity contribution in [3.05, 3.63) is 42.0 Å². The van der Waals surface area contributed by atoms with Crippen LogP contribution in [-0.2, 0) is 4.74 Å². The van der Waals surface area contributed by atoms with Gasteiger partial charge in [0.2, 0.25) is 0 Å². The molecular formula is C17H23NO2. The molecule has 1 N–H and O–H groups in total. The summed E-state index contributed by atoms with van der Waals surface area (Å²) in [5.74, 6) is 0.440. The monoisotopic (exact) mass is 273 g/mol. The van der Waals surface area contributed by atoms with Crippen LogP contribution in [0.25, 0.3) is 6.08 Å². The number of carbonyl (C=O) groups is 1. The zero-order valence-electron chi connectivity index (χ0n) is 12.6. The summed E-state index contributed by atoms with van der Waals surface area (Å²) < 4.78 is 5.33. The lowest BCUT2D eigenvalue weighted by molar-refractivity contribution is 0.0505. The van der Waals surface area contributed by atoms with Crippen LogP contribution in [-0.4, -0.2) is 17.2 Å². The fourth-order valence-electron chi connectivity index (χ4n) is 2.20. The molecule has 1 aromatic carbocycles. The smallest absolute Gasteiger partial charge is 0.408 e. The maximum absolute atomic E-state index is 11.9. The Balaban J connectivity index is 2.01. The molecule has 0 aromatic heterocycles. The summed E-state index contributed by atoms with van der Waals surface area (Å²) in [5.41, 5.74) is 0.419. The lowest BCUT2D eigenvalue weighted by Gasteiger charge is -2.22. The number of ether oxygens (including phenoxy) is 1. The molecule has 3 heteroatoms. The Kier molecular flexibility index (Phi) is 3.89. The number of hydrogen-bond donors (Lipinski definition) is 1. The molecule has 108 valence electrons. The van der Waals surface area contributed by atoms with Crippen LogP contribution in [0.15, 0.2) is 36.4 Å². The Morgan fingerprint density at radius 2 is 1.95 bits per heavy atom. The molecule has 0 radical (unpaired) electrons. The zero-order chi connectivity index (χ0) is 14.8. The van der Waals surface area contributed by atoms with Gasteiger partial charge in [-0.15, -0.1) is 0 Å². The second-order valence-electron chi connectivity index (χ2n) is 6.52. The zero-order valence-corrected chi connectivity index (χ0v) is 12.6. The molecule has 20 heavy (non-hydrogen) atoms. The first-order chi connectivity index (χ1) is 9.31. The third kappa shape index (κ3) is 3.86. The van der Waals surface area contributed by atoms with Gasteiger partial charge >= 0.3 is 6.09 Å². The molecular weight excluding hydrogens is 250 g/mol. The van der Waals surface area contributed by atoms with Crippen LogP contribution in [0, 0.1) is 5.92 Å². The number of amides is 1. The fraction of sp³-hybridized carbons (Fsp3) is 0.471. The molecule has 2 rings (SSSR count). The highest BCUT2D eigenvalue weighted by molar-refractivity contribution is 5.71. The van der Waals surface area contributed by atoms with E-state index < -0.39 is 5.60 Å². The van der Waals surface area contributed by atoms with Crippen LogP contribution in [0.5, 0.6) is 0 Å². The van der Waals surface area contributed by atoms with Crippen molar-refractivity contribution >= 4 is 12.2 Å². The van der Waals surface area contributed by atoms with Crippen molar-refractivity contribution in [2.24, 2.45) is 5.92 Å². The second kappa shape index (κ2) is 5.31. The van der Waals surface area contributed by atoms with Crippen molar-refractivity contribution in [2.45, 2.75) is 45.3 Å². The molecule has 1 aliphatic rings. The number of carbonyl (C=O) groups excluding carboxylic acids is 1. The van der Waals surface area contributed by atoms with Gasteiger partial charge in [-0.1, -0.05) is 49.4 Å². The summed E-state index contributed by atoms with van der Waals surface area (Å²) in [6.45, 7) is 7.74. The van der Waals surface area contributed by atoms with Crippen LogP contribution in [0.3, 0.4) is 0 Å². The minimum atomic E-state index is -0.466. The topological polar surface area (TPSA) is 38.3 Å². The van der Waals surface area contributed by atoms with E-state index in [4.69, 9.17) is 4.74 Å². The Morgan fingerprint density at radius 1 is 1.35 bits per heavy atom. The van der Waals surface area contributed by atoms with Crippen molar-refractivity contribution < 1.29 is 9.53 Å². The lowest BCUT2D eigenvalue weighted by atomic mass is 10.1. The minimum absolute atomic E-state index is 0.252. The fourth-order valence-corrected chi connectivity index (χ4v) is 2.20. The van der Waals surface area contributed by atoms with Gasteiger partial charge in [-0.25, -0.2) is 4.79 Å². The van der Waals surface area contributed by atoms with E-state index in [0.717, 1.165) is 12.0 Å². The van der Waals surface area contributed by atoms with Crippen LogP contribution >= 0.6 is 0 Å².